The topological polar surface area (TPSA) is 0 Å². The van der Waals surface area contributed by atoms with Crippen LogP contribution in [0.1, 0.15) is 39.0 Å². The lowest BCUT2D eigenvalue weighted by Crippen LogP contribution is -2.19. The summed E-state index contributed by atoms with van der Waals surface area (Å²) in [5.41, 5.74) is 0. The third-order valence-corrected chi connectivity index (χ3v) is 5.13. The standard InChI is InChI=1S/C7H15PS/c1-7(8-9)5-3-2-4-6-7/h2-6,8H2,1H3. The van der Waals surface area contributed by atoms with Crippen LogP contribution in [0, 0.1) is 0 Å². The van der Waals surface area contributed by atoms with Crippen LogP contribution in [0.25, 0.3) is 0 Å². The molecule has 0 heterocycles. The number of hydrogen-bond acceptors (Lipinski definition) is 1. The van der Waals surface area contributed by atoms with Gasteiger partial charge >= 0.3 is 0 Å². The van der Waals surface area contributed by atoms with Gasteiger partial charge in [-0.1, -0.05) is 33.5 Å². The summed E-state index contributed by atoms with van der Waals surface area (Å²) in [5.74, 6) is 0. The summed E-state index contributed by atoms with van der Waals surface area (Å²) >= 11 is 5.17. The second kappa shape index (κ2) is 3.16. The highest BCUT2D eigenvalue weighted by atomic mass is 32.4. The predicted molar refractivity (Wildman–Crippen MR) is 48.6 cm³/mol. The highest BCUT2D eigenvalue weighted by Gasteiger charge is 2.22. The first-order valence-electron chi connectivity index (χ1n) is 3.73. The minimum absolute atomic E-state index is 0.299. The van der Waals surface area contributed by atoms with Crippen molar-refractivity contribution < 1.29 is 0 Å². The number of rotatable bonds is 1. The van der Waals surface area contributed by atoms with Gasteiger partial charge in [0.2, 0.25) is 0 Å². The van der Waals surface area contributed by atoms with E-state index in [-0.39, 0.29) is 0 Å². The fourth-order valence-corrected chi connectivity index (χ4v) is 2.83. The average molecular weight is 162 g/mol. The van der Waals surface area contributed by atoms with Gasteiger partial charge in [-0.05, 0) is 18.0 Å². The van der Waals surface area contributed by atoms with Crippen molar-refractivity contribution in [2.75, 3.05) is 0 Å². The van der Waals surface area contributed by atoms with Gasteiger partial charge in [0.05, 0.1) is 0 Å². The maximum Gasteiger partial charge on any atom is -0.00828 e. The molecule has 1 aliphatic rings. The van der Waals surface area contributed by atoms with E-state index in [0.29, 0.717) is 12.5 Å². The van der Waals surface area contributed by atoms with Crippen molar-refractivity contribution in [3.05, 3.63) is 0 Å². The molecule has 0 spiro atoms. The molecule has 1 rings (SSSR count). The van der Waals surface area contributed by atoms with Crippen LogP contribution in [-0.4, -0.2) is 5.16 Å². The van der Waals surface area contributed by atoms with Crippen LogP contribution in [0.3, 0.4) is 0 Å². The van der Waals surface area contributed by atoms with Crippen LogP contribution >= 0.6 is 7.36 Å². The Morgan fingerprint density at radius 3 is 2.11 bits per heavy atom. The van der Waals surface area contributed by atoms with Crippen molar-refractivity contribution in [3.63, 3.8) is 0 Å². The van der Waals surface area contributed by atoms with Gasteiger partial charge in [0.1, 0.15) is 0 Å². The van der Waals surface area contributed by atoms with E-state index in [1.54, 1.807) is 0 Å². The first kappa shape index (κ1) is 7.75. The molecule has 1 saturated carbocycles. The highest BCUT2D eigenvalue weighted by Crippen LogP contribution is 2.38. The van der Waals surface area contributed by atoms with Crippen LogP contribution < -0.4 is 0 Å². The Bertz CT molecular complexity index is 105. The molecule has 54 valence electrons. The zero-order valence-electron chi connectivity index (χ0n) is 6.02. The molecule has 1 atom stereocenters. The van der Waals surface area contributed by atoms with Gasteiger partial charge < -0.3 is 0 Å². The summed E-state index contributed by atoms with van der Waals surface area (Å²) < 4.78 is 0. The number of hydrogen-bond donors (Lipinski definition) is 0. The minimum Gasteiger partial charge on any atom is -0.104 e. The minimum atomic E-state index is 0.299. The summed E-state index contributed by atoms with van der Waals surface area (Å²) in [7, 11) is 0.299. The average Bonchev–Trinajstić information content (AvgIpc) is 1.90. The van der Waals surface area contributed by atoms with Gasteiger partial charge in [-0.15, -0.1) is 11.8 Å². The summed E-state index contributed by atoms with van der Waals surface area (Å²) in [4.78, 5) is 0. The van der Waals surface area contributed by atoms with Crippen molar-refractivity contribution in [1.82, 2.24) is 0 Å². The summed E-state index contributed by atoms with van der Waals surface area (Å²) in [5, 5.41) is 0.619. The third-order valence-electron chi connectivity index (χ3n) is 2.28. The van der Waals surface area contributed by atoms with Crippen molar-refractivity contribution in [1.29, 1.82) is 0 Å². The molecule has 2 heteroatoms. The second-order valence-corrected chi connectivity index (χ2v) is 5.67. The van der Waals surface area contributed by atoms with E-state index in [1.807, 2.05) is 0 Å². The molecule has 0 aromatic heterocycles. The molecule has 0 saturated heterocycles. The smallest absolute Gasteiger partial charge is 0.00828 e. The largest absolute Gasteiger partial charge is 0.104 e. The Hall–Kier alpha value is 0.650. The highest BCUT2D eigenvalue weighted by molar-refractivity contribution is 7.97. The van der Waals surface area contributed by atoms with E-state index < -0.39 is 0 Å². The monoisotopic (exact) mass is 162 g/mol. The van der Waals surface area contributed by atoms with Crippen molar-refractivity contribution in [2.45, 2.75) is 44.2 Å². The Morgan fingerprint density at radius 2 is 1.78 bits per heavy atom. The molecule has 1 unspecified atom stereocenters. The second-order valence-electron chi connectivity index (χ2n) is 3.33. The molecular weight excluding hydrogens is 147 g/mol. The molecule has 0 N–H and O–H groups in total. The summed E-state index contributed by atoms with van der Waals surface area (Å²) in [6.45, 7) is 2.37. The maximum absolute atomic E-state index is 5.17. The van der Waals surface area contributed by atoms with Crippen LogP contribution in [0.2, 0.25) is 0 Å². The third kappa shape index (κ3) is 2.05. The predicted octanol–water partition coefficient (Wildman–Crippen LogP) is 2.58. The quantitative estimate of drug-likeness (QED) is 0.534. The zero-order chi connectivity index (χ0) is 6.74. The first-order valence-corrected chi connectivity index (χ1v) is 6.19. The molecule has 0 aromatic rings. The molecule has 9 heavy (non-hydrogen) atoms. The van der Waals surface area contributed by atoms with Gasteiger partial charge in [-0.3, -0.25) is 0 Å². The molecule has 1 fully saturated rings. The lowest BCUT2D eigenvalue weighted by Gasteiger charge is -2.29. The van der Waals surface area contributed by atoms with Crippen LogP contribution in [-0.2, 0) is 11.8 Å². The van der Waals surface area contributed by atoms with Crippen molar-refractivity contribution in [3.8, 4) is 0 Å². The van der Waals surface area contributed by atoms with E-state index in [4.69, 9.17) is 11.8 Å². The van der Waals surface area contributed by atoms with Gasteiger partial charge in [-0.2, -0.15) is 0 Å². The van der Waals surface area contributed by atoms with Gasteiger partial charge in [0.25, 0.3) is 0 Å². The Labute approximate surface area is 63.9 Å². The fourth-order valence-electron chi connectivity index (χ4n) is 1.48. The normalized spacial score (nSPS) is 27.2. The molecule has 0 radical (unpaired) electrons. The summed E-state index contributed by atoms with van der Waals surface area (Å²) in [6.07, 6.45) is 7.13. The molecular formula is C7H15PS. The van der Waals surface area contributed by atoms with Crippen LogP contribution in [0.15, 0.2) is 0 Å². The molecule has 0 amide bonds. The van der Waals surface area contributed by atoms with E-state index in [0.717, 1.165) is 0 Å². The van der Waals surface area contributed by atoms with Gasteiger partial charge in [-0.25, -0.2) is 0 Å². The lowest BCUT2D eigenvalue weighted by molar-refractivity contribution is 0.421. The van der Waals surface area contributed by atoms with E-state index in [9.17, 15) is 0 Å². The molecule has 0 bridgehead atoms. The fraction of sp³-hybridized carbons (Fsp3) is 1.00. The lowest BCUT2D eigenvalue weighted by atomic mass is 9.90. The Kier molecular flexibility index (Phi) is 2.73. The van der Waals surface area contributed by atoms with Crippen LogP contribution in [0.4, 0.5) is 0 Å². The van der Waals surface area contributed by atoms with E-state index in [1.165, 1.54) is 32.1 Å². The van der Waals surface area contributed by atoms with Crippen LogP contribution in [0.5, 0.6) is 0 Å². The van der Waals surface area contributed by atoms with Gasteiger partial charge in [0, 0.05) is 0 Å². The Morgan fingerprint density at radius 1 is 1.22 bits per heavy atom. The molecule has 0 aromatic carbocycles. The van der Waals surface area contributed by atoms with Gasteiger partial charge in [0.15, 0.2) is 0 Å². The molecule has 0 aliphatic heterocycles. The van der Waals surface area contributed by atoms with E-state index in [2.05, 4.69) is 6.92 Å². The molecule has 0 nitrogen and oxygen atoms in total. The van der Waals surface area contributed by atoms with E-state index >= 15 is 0 Å². The Balaban J connectivity index is 2.46. The SMILES string of the molecule is CC1([PH2]=S)CCCCC1. The summed E-state index contributed by atoms with van der Waals surface area (Å²) in [6, 6.07) is 0. The molecule has 1 aliphatic carbocycles. The zero-order valence-corrected chi connectivity index (χ0v) is 7.99. The van der Waals surface area contributed by atoms with Crippen molar-refractivity contribution in [2.24, 2.45) is 0 Å². The maximum atomic E-state index is 5.17. The first-order chi connectivity index (χ1) is 4.27. The van der Waals surface area contributed by atoms with Crippen molar-refractivity contribution >= 4 is 19.2 Å².